The minimum Gasteiger partial charge on any atom is -0.389 e. The van der Waals surface area contributed by atoms with Crippen LogP contribution in [-0.2, 0) is 0 Å². The van der Waals surface area contributed by atoms with Crippen molar-refractivity contribution in [2.75, 3.05) is 0 Å². The van der Waals surface area contributed by atoms with Crippen molar-refractivity contribution in [3.05, 3.63) is 33.8 Å². The Morgan fingerprint density at radius 1 is 1.45 bits per heavy atom. The van der Waals surface area contributed by atoms with Crippen molar-refractivity contribution in [3.8, 4) is 0 Å². The molecule has 60 valence electrons. The van der Waals surface area contributed by atoms with Gasteiger partial charge in [-0.15, -0.1) is 0 Å². The largest absolute Gasteiger partial charge is 0.389 e. The van der Waals surface area contributed by atoms with Gasteiger partial charge in [0.15, 0.2) is 0 Å². The Labute approximate surface area is 75.2 Å². The average Bonchev–Trinajstić information content (AvgIpc) is 1.94. The third kappa shape index (κ3) is 2.04. The highest BCUT2D eigenvalue weighted by Crippen LogP contribution is 2.23. The number of hydrogen-bond acceptors (Lipinski definition) is 1. The maximum absolute atomic E-state index is 9.30. The van der Waals surface area contributed by atoms with E-state index in [2.05, 4.69) is 15.9 Å². The lowest BCUT2D eigenvalue weighted by Crippen LogP contribution is -1.92. The Bertz CT molecular complexity index is 256. The SMILES string of the molecule is Cc1ccc(Br)c([C@H](C)O)c1. The highest BCUT2D eigenvalue weighted by Gasteiger charge is 2.04. The van der Waals surface area contributed by atoms with Gasteiger partial charge >= 0.3 is 0 Å². The zero-order valence-corrected chi connectivity index (χ0v) is 8.22. The molecule has 1 aromatic carbocycles. The molecule has 1 N–H and O–H groups in total. The molecule has 0 aliphatic heterocycles. The molecule has 1 atom stereocenters. The predicted octanol–water partition coefficient (Wildman–Crippen LogP) is 2.81. The van der Waals surface area contributed by atoms with Crippen LogP contribution in [0.15, 0.2) is 22.7 Å². The normalized spacial score (nSPS) is 13.1. The van der Waals surface area contributed by atoms with Gasteiger partial charge in [0.25, 0.3) is 0 Å². The Hall–Kier alpha value is -0.340. The zero-order valence-electron chi connectivity index (χ0n) is 6.63. The topological polar surface area (TPSA) is 20.2 Å². The molecule has 0 radical (unpaired) electrons. The summed E-state index contributed by atoms with van der Waals surface area (Å²) in [4.78, 5) is 0. The van der Waals surface area contributed by atoms with E-state index in [0.29, 0.717) is 0 Å². The zero-order chi connectivity index (χ0) is 8.43. The highest BCUT2D eigenvalue weighted by molar-refractivity contribution is 9.10. The van der Waals surface area contributed by atoms with Gasteiger partial charge in [-0.1, -0.05) is 33.6 Å². The molecule has 0 aliphatic carbocycles. The molecule has 0 aromatic heterocycles. The number of hydrogen-bond donors (Lipinski definition) is 1. The van der Waals surface area contributed by atoms with Gasteiger partial charge in [-0.05, 0) is 25.5 Å². The first-order chi connectivity index (χ1) is 5.11. The summed E-state index contributed by atoms with van der Waals surface area (Å²) in [6, 6.07) is 5.95. The molecular formula is C9H11BrO. The second-order valence-electron chi connectivity index (χ2n) is 2.70. The third-order valence-corrected chi connectivity index (χ3v) is 2.32. The Morgan fingerprint density at radius 3 is 2.55 bits per heavy atom. The van der Waals surface area contributed by atoms with Gasteiger partial charge in [-0.25, -0.2) is 0 Å². The second-order valence-corrected chi connectivity index (χ2v) is 3.56. The van der Waals surface area contributed by atoms with Gasteiger partial charge in [0.05, 0.1) is 6.10 Å². The van der Waals surface area contributed by atoms with Gasteiger partial charge in [0.2, 0.25) is 0 Å². The number of aliphatic hydroxyl groups is 1. The molecule has 11 heavy (non-hydrogen) atoms. The Morgan fingerprint density at radius 2 is 2.09 bits per heavy atom. The van der Waals surface area contributed by atoms with Gasteiger partial charge in [-0.2, -0.15) is 0 Å². The molecule has 0 fully saturated rings. The quantitative estimate of drug-likeness (QED) is 0.763. The molecular weight excluding hydrogens is 204 g/mol. The Kier molecular flexibility index (Phi) is 2.68. The van der Waals surface area contributed by atoms with Crippen LogP contribution in [0.25, 0.3) is 0 Å². The summed E-state index contributed by atoms with van der Waals surface area (Å²) < 4.78 is 0.970. The molecule has 0 amide bonds. The summed E-state index contributed by atoms with van der Waals surface area (Å²) in [5.74, 6) is 0. The van der Waals surface area contributed by atoms with E-state index in [0.717, 1.165) is 10.0 Å². The van der Waals surface area contributed by atoms with E-state index >= 15 is 0 Å². The van der Waals surface area contributed by atoms with E-state index in [9.17, 15) is 5.11 Å². The van der Waals surface area contributed by atoms with Gasteiger partial charge in [0.1, 0.15) is 0 Å². The molecule has 1 aromatic rings. The average molecular weight is 215 g/mol. The molecule has 0 heterocycles. The van der Waals surface area contributed by atoms with Crippen molar-refractivity contribution in [1.82, 2.24) is 0 Å². The summed E-state index contributed by atoms with van der Waals surface area (Å²) in [5, 5.41) is 9.30. The third-order valence-electron chi connectivity index (χ3n) is 1.60. The minimum atomic E-state index is -0.399. The molecule has 1 nitrogen and oxygen atoms in total. The Balaban J connectivity index is 3.13. The van der Waals surface area contributed by atoms with Crippen molar-refractivity contribution >= 4 is 15.9 Å². The monoisotopic (exact) mass is 214 g/mol. The minimum absolute atomic E-state index is 0.399. The molecule has 1 rings (SSSR count). The fraction of sp³-hybridized carbons (Fsp3) is 0.333. The maximum atomic E-state index is 9.30. The van der Waals surface area contributed by atoms with Crippen LogP contribution in [0.1, 0.15) is 24.2 Å². The molecule has 0 aliphatic rings. The molecule has 0 saturated heterocycles. The summed E-state index contributed by atoms with van der Waals surface area (Å²) in [7, 11) is 0. The number of halogens is 1. The van der Waals surface area contributed by atoms with Crippen LogP contribution in [-0.4, -0.2) is 5.11 Å². The molecule has 0 bridgehead atoms. The van der Waals surface area contributed by atoms with Crippen molar-refractivity contribution < 1.29 is 5.11 Å². The summed E-state index contributed by atoms with van der Waals surface area (Å²) in [5.41, 5.74) is 2.12. The summed E-state index contributed by atoms with van der Waals surface area (Å²) in [6.07, 6.45) is -0.399. The maximum Gasteiger partial charge on any atom is 0.0772 e. The van der Waals surface area contributed by atoms with Crippen molar-refractivity contribution in [2.24, 2.45) is 0 Å². The number of aliphatic hydroxyl groups excluding tert-OH is 1. The number of rotatable bonds is 1. The first kappa shape index (κ1) is 8.75. The number of aryl methyl sites for hydroxylation is 1. The summed E-state index contributed by atoms with van der Waals surface area (Å²) >= 11 is 3.37. The first-order valence-corrected chi connectivity index (χ1v) is 4.34. The summed E-state index contributed by atoms with van der Waals surface area (Å²) in [6.45, 7) is 3.78. The fourth-order valence-corrected chi connectivity index (χ4v) is 1.56. The lowest BCUT2D eigenvalue weighted by atomic mass is 10.1. The molecule has 0 saturated carbocycles. The second kappa shape index (κ2) is 3.37. The van der Waals surface area contributed by atoms with Crippen LogP contribution in [0.3, 0.4) is 0 Å². The van der Waals surface area contributed by atoms with Crippen LogP contribution in [0.2, 0.25) is 0 Å². The first-order valence-electron chi connectivity index (χ1n) is 3.55. The lowest BCUT2D eigenvalue weighted by molar-refractivity contribution is 0.198. The lowest BCUT2D eigenvalue weighted by Gasteiger charge is -2.07. The number of benzene rings is 1. The van der Waals surface area contributed by atoms with Crippen LogP contribution >= 0.6 is 15.9 Å². The van der Waals surface area contributed by atoms with Gasteiger partial charge in [0, 0.05) is 4.47 Å². The van der Waals surface area contributed by atoms with Crippen molar-refractivity contribution in [2.45, 2.75) is 20.0 Å². The predicted molar refractivity (Wildman–Crippen MR) is 49.5 cm³/mol. The molecule has 0 spiro atoms. The fourth-order valence-electron chi connectivity index (χ4n) is 0.983. The van der Waals surface area contributed by atoms with Crippen molar-refractivity contribution in [1.29, 1.82) is 0 Å². The van der Waals surface area contributed by atoms with Crippen LogP contribution < -0.4 is 0 Å². The van der Waals surface area contributed by atoms with E-state index in [1.165, 1.54) is 5.56 Å². The van der Waals surface area contributed by atoms with E-state index in [1.807, 2.05) is 25.1 Å². The van der Waals surface area contributed by atoms with E-state index < -0.39 is 6.10 Å². The van der Waals surface area contributed by atoms with Gasteiger partial charge < -0.3 is 5.11 Å². The standard InChI is InChI=1S/C9H11BrO/c1-6-3-4-9(10)8(5-6)7(2)11/h3-5,7,11H,1-2H3/t7-/m0/s1. The highest BCUT2D eigenvalue weighted by atomic mass is 79.9. The van der Waals surface area contributed by atoms with E-state index in [1.54, 1.807) is 6.92 Å². The molecule has 2 heteroatoms. The van der Waals surface area contributed by atoms with Crippen LogP contribution in [0.5, 0.6) is 0 Å². The molecule has 0 unspecified atom stereocenters. The van der Waals surface area contributed by atoms with Crippen molar-refractivity contribution in [3.63, 3.8) is 0 Å². The smallest absolute Gasteiger partial charge is 0.0772 e. The van der Waals surface area contributed by atoms with Crippen LogP contribution in [0, 0.1) is 6.92 Å². The van der Waals surface area contributed by atoms with E-state index in [4.69, 9.17) is 0 Å². The van der Waals surface area contributed by atoms with Gasteiger partial charge in [-0.3, -0.25) is 0 Å². The van der Waals surface area contributed by atoms with E-state index in [-0.39, 0.29) is 0 Å². The van der Waals surface area contributed by atoms with Crippen LogP contribution in [0.4, 0.5) is 0 Å².